The summed E-state index contributed by atoms with van der Waals surface area (Å²) >= 11 is 6.20. The third-order valence-electron chi connectivity index (χ3n) is 2.69. The van der Waals surface area contributed by atoms with Crippen LogP contribution >= 0.6 is 11.6 Å². The summed E-state index contributed by atoms with van der Waals surface area (Å²) in [5.74, 6) is 0.473. The Balaban J connectivity index is 2.48. The van der Waals surface area contributed by atoms with Crippen LogP contribution in [0.15, 0.2) is 18.2 Å². The van der Waals surface area contributed by atoms with Gasteiger partial charge < -0.3 is 15.0 Å². The lowest BCUT2D eigenvalue weighted by atomic mass is 10.3. The van der Waals surface area contributed by atoms with Gasteiger partial charge >= 0.3 is 0 Å². The van der Waals surface area contributed by atoms with Gasteiger partial charge in [-0.2, -0.15) is 0 Å². The number of hydrogen-bond donors (Lipinski definition) is 1. The van der Waals surface area contributed by atoms with E-state index in [4.69, 9.17) is 22.1 Å². The molecule has 1 aromatic heterocycles. The lowest BCUT2D eigenvalue weighted by Crippen LogP contribution is -2.14. The highest BCUT2D eigenvalue weighted by atomic mass is 35.5. The Morgan fingerprint density at radius 2 is 2.29 bits per heavy atom. The summed E-state index contributed by atoms with van der Waals surface area (Å²) in [5.41, 5.74) is 7.62. The number of halogens is 1. The van der Waals surface area contributed by atoms with Crippen LogP contribution in [0.4, 0.5) is 5.95 Å². The molecule has 2 N–H and O–H groups in total. The molecule has 1 atom stereocenters. The summed E-state index contributed by atoms with van der Waals surface area (Å²) in [6, 6.07) is 5.73. The highest BCUT2D eigenvalue weighted by Gasteiger charge is 2.15. The number of nitrogens with zero attached hydrogens (tertiary/aromatic N) is 2. The van der Waals surface area contributed by atoms with E-state index in [1.165, 1.54) is 0 Å². The standard InChI is InChI=1S/C12H16ClN3O/c1-3-17-7-8(2)16-11-9(13)5-4-6-10(11)15-12(16)14/h4-6,8H,3,7H2,1-2H3,(H2,14,15). The van der Waals surface area contributed by atoms with Gasteiger partial charge in [0, 0.05) is 6.61 Å². The Morgan fingerprint density at radius 1 is 1.53 bits per heavy atom. The molecule has 0 aliphatic heterocycles. The second kappa shape index (κ2) is 4.94. The van der Waals surface area contributed by atoms with Gasteiger partial charge in [-0.15, -0.1) is 0 Å². The van der Waals surface area contributed by atoms with Gasteiger partial charge in [0.05, 0.1) is 28.7 Å². The van der Waals surface area contributed by atoms with Gasteiger partial charge in [0.25, 0.3) is 0 Å². The maximum Gasteiger partial charge on any atom is 0.201 e. The molecule has 0 amide bonds. The summed E-state index contributed by atoms with van der Waals surface area (Å²) < 4.78 is 7.34. The minimum atomic E-state index is 0.111. The average Bonchev–Trinajstić information content (AvgIpc) is 2.64. The van der Waals surface area contributed by atoms with Crippen LogP contribution in [0, 0.1) is 0 Å². The molecule has 0 bridgehead atoms. The monoisotopic (exact) mass is 253 g/mol. The summed E-state index contributed by atoms with van der Waals surface area (Å²) in [5, 5.41) is 0.662. The minimum absolute atomic E-state index is 0.111. The molecule has 0 saturated carbocycles. The van der Waals surface area contributed by atoms with Crippen LogP contribution in [0.5, 0.6) is 0 Å². The van der Waals surface area contributed by atoms with Crippen LogP contribution in [0.3, 0.4) is 0 Å². The van der Waals surface area contributed by atoms with E-state index in [1.54, 1.807) is 0 Å². The minimum Gasteiger partial charge on any atom is -0.380 e. The normalized spacial score (nSPS) is 13.1. The fourth-order valence-electron chi connectivity index (χ4n) is 1.93. The Hall–Kier alpha value is -1.26. The Morgan fingerprint density at radius 3 is 3.00 bits per heavy atom. The van der Waals surface area contributed by atoms with E-state index in [0.29, 0.717) is 24.2 Å². The van der Waals surface area contributed by atoms with E-state index in [0.717, 1.165) is 11.0 Å². The number of benzene rings is 1. The first-order valence-corrected chi connectivity index (χ1v) is 6.02. The van der Waals surface area contributed by atoms with Crippen molar-refractivity contribution in [2.45, 2.75) is 19.9 Å². The van der Waals surface area contributed by atoms with Crippen LogP contribution in [-0.2, 0) is 4.74 Å². The average molecular weight is 254 g/mol. The molecular formula is C12H16ClN3O. The van der Waals surface area contributed by atoms with E-state index in [2.05, 4.69) is 4.98 Å². The predicted molar refractivity (Wildman–Crippen MR) is 70.4 cm³/mol. The van der Waals surface area contributed by atoms with E-state index >= 15 is 0 Å². The quantitative estimate of drug-likeness (QED) is 0.912. The second-order valence-corrected chi connectivity index (χ2v) is 4.36. The van der Waals surface area contributed by atoms with Crippen molar-refractivity contribution >= 4 is 28.6 Å². The molecular weight excluding hydrogens is 238 g/mol. The van der Waals surface area contributed by atoms with Crippen LogP contribution in [0.1, 0.15) is 19.9 Å². The van der Waals surface area contributed by atoms with Crippen molar-refractivity contribution in [2.24, 2.45) is 0 Å². The molecule has 17 heavy (non-hydrogen) atoms. The Labute approximate surface area is 105 Å². The number of rotatable bonds is 4. The zero-order chi connectivity index (χ0) is 12.4. The zero-order valence-corrected chi connectivity index (χ0v) is 10.7. The number of aromatic nitrogens is 2. The molecule has 2 rings (SSSR count). The van der Waals surface area contributed by atoms with Gasteiger partial charge in [-0.05, 0) is 26.0 Å². The zero-order valence-electron chi connectivity index (χ0n) is 9.98. The number of nitrogens with two attached hydrogens (primary N) is 1. The molecule has 92 valence electrons. The molecule has 5 heteroatoms. The second-order valence-electron chi connectivity index (χ2n) is 3.96. The smallest absolute Gasteiger partial charge is 0.201 e. The largest absolute Gasteiger partial charge is 0.380 e. The van der Waals surface area contributed by atoms with Crippen LogP contribution < -0.4 is 5.73 Å². The lowest BCUT2D eigenvalue weighted by Gasteiger charge is -2.16. The third-order valence-corrected chi connectivity index (χ3v) is 3.00. The van der Waals surface area contributed by atoms with Crippen molar-refractivity contribution in [3.63, 3.8) is 0 Å². The van der Waals surface area contributed by atoms with Gasteiger partial charge in [0.2, 0.25) is 5.95 Å². The molecule has 1 heterocycles. The van der Waals surface area contributed by atoms with Crippen molar-refractivity contribution in [1.29, 1.82) is 0 Å². The number of imidazole rings is 1. The maximum atomic E-state index is 6.20. The molecule has 1 unspecified atom stereocenters. The molecule has 0 spiro atoms. The molecule has 4 nitrogen and oxygen atoms in total. The fraction of sp³-hybridized carbons (Fsp3) is 0.417. The molecule has 2 aromatic rings. The summed E-state index contributed by atoms with van der Waals surface area (Å²) in [6.45, 7) is 5.29. The highest BCUT2D eigenvalue weighted by molar-refractivity contribution is 6.35. The molecule has 1 aromatic carbocycles. The number of fused-ring (bicyclic) bond motifs is 1. The van der Waals surface area contributed by atoms with Crippen LogP contribution in [0.25, 0.3) is 11.0 Å². The van der Waals surface area contributed by atoms with Crippen molar-refractivity contribution < 1.29 is 4.74 Å². The Bertz CT molecular complexity index is 524. The van der Waals surface area contributed by atoms with Gasteiger partial charge in [-0.1, -0.05) is 17.7 Å². The number of ether oxygens (including phenoxy) is 1. The number of anilines is 1. The fourth-order valence-corrected chi connectivity index (χ4v) is 2.19. The molecule has 0 aliphatic carbocycles. The lowest BCUT2D eigenvalue weighted by molar-refractivity contribution is 0.120. The van der Waals surface area contributed by atoms with Gasteiger partial charge in [-0.25, -0.2) is 4.98 Å². The molecule has 0 fully saturated rings. The van der Waals surface area contributed by atoms with E-state index in [9.17, 15) is 0 Å². The maximum absolute atomic E-state index is 6.20. The van der Waals surface area contributed by atoms with E-state index < -0.39 is 0 Å². The van der Waals surface area contributed by atoms with Gasteiger partial charge in [0.15, 0.2) is 0 Å². The first-order valence-electron chi connectivity index (χ1n) is 5.64. The van der Waals surface area contributed by atoms with Crippen molar-refractivity contribution in [3.05, 3.63) is 23.2 Å². The number of para-hydroxylation sites is 1. The summed E-state index contributed by atoms with van der Waals surface area (Å²) in [6.07, 6.45) is 0. The van der Waals surface area contributed by atoms with Gasteiger partial charge in [0.1, 0.15) is 0 Å². The summed E-state index contributed by atoms with van der Waals surface area (Å²) in [4.78, 5) is 4.30. The predicted octanol–water partition coefficient (Wildman–Crippen LogP) is 2.87. The van der Waals surface area contributed by atoms with Crippen molar-refractivity contribution in [2.75, 3.05) is 18.9 Å². The van der Waals surface area contributed by atoms with Crippen LogP contribution in [0.2, 0.25) is 5.02 Å². The number of nitrogen functional groups attached to an aromatic ring is 1. The first kappa shape index (κ1) is 12.2. The van der Waals surface area contributed by atoms with Crippen LogP contribution in [-0.4, -0.2) is 22.8 Å². The highest BCUT2D eigenvalue weighted by Crippen LogP contribution is 2.28. The molecule has 0 aliphatic rings. The Kier molecular flexibility index (Phi) is 3.54. The topological polar surface area (TPSA) is 53.1 Å². The SMILES string of the molecule is CCOCC(C)n1c(N)nc2cccc(Cl)c21. The van der Waals surface area contributed by atoms with Gasteiger partial charge in [-0.3, -0.25) is 0 Å². The van der Waals surface area contributed by atoms with Crippen molar-refractivity contribution in [3.8, 4) is 0 Å². The molecule has 0 radical (unpaired) electrons. The number of hydrogen-bond acceptors (Lipinski definition) is 3. The molecule has 0 saturated heterocycles. The third kappa shape index (κ3) is 2.23. The van der Waals surface area contributed by atoms with E-state index in [-0.39, 0.29) is 6.04 Å². The summed E-state index contributed by atoms with van der Waals surface area (Å²) in [7, 11) is 0. The first-order chi connectivity index (χ1) is 8.15. The van der Waals surface area contributed by atoms with Crippen molar-refractivity contribution in [1.82, 2.24) is 9.55 Å². The van der Waals surface area contributed by atoms with E-state index in [1.807, 2.05) is 36.6 Å².